The maximum atomic E-state index is 10.7. The minimum absolute atomic E-state index is 0.183. The summed E-state index contributed by atoms with van der Waals surface area (Å²) in [6, 6.07) is 3.32. The summed E-state index contributed by atoms with van der Waals surface area (Å²) in [5.41, 5.74) is 5.90. The summed E-state index contributed by atoms with van der Waals surface area (Å²) in [6.45, 7) is -0.183. The van der Waals surface area contributed by atoms with Crippen LogP contribution < -0.4 is 10.5 Å². The molecule has 1 aromatic heterocycles. The molecule has 13 heavy (non-hydrogen) atoms. The van der Waals surface area contributed by atoms with Crippen molar-refractivity contribution in [2.24, 2.45) is 0 Å². The summed E-state index contributed by atoms with van der Waals surface area (Å²) in [5.74, 6) is -0.224. The molecule has 0 unspecified atom stereocenters. The summed E-state index contributed by atoms with van der Waals surface area (Å²) < 4.78 is 9.36. The molecule has 0 aromatic carbocycles. The highest BCUT2D eigenvalue weighted by Gasteiger charge is 2.04. The quantitative estimate of drug-likeness (QED) is 0.676. The van der Waals surface area contributed by atoms with Crippen LogP contribution in [0.3, 0.4) is 0 Å². The molecule has 0 saturated heterocycles. The van der Waals surface area contributed by atoms with Crippen LogP contribution in [0.25, 0.3) is 0 Å². The van der Waals surface area contributed by atoms with Crippen LogP contribution in [0.15, 0.2) is 18.3 Å². The first-order chi connectivity index (χ1) is 6.24. The van der Waals surface area contributed by atoms with E-state index in [2.05, 4.69) is 9.72 Å². The van der Waals surface area contributed by atoms with E-state index in [0.717, 1.165) is 0 Å². The lowest BCUT2D eigenvalue weighted by molar-refractivity contribution is -0.143. The lowest BCUT2D eigenvalue weighted by atomic mass is 10.4. The molecule has 1 rings (SSSR count). The minimum Gasteiger partial charge on any atom is -0.466 e. The Morgan fingerprint density at radius 1 is 1.69 bits per heavy atom. The predicted octanol–water partition coefficient (Wildman–Crippen LogP) is 0.216. The number of anilines is 1. The van der Waals surface area contributed by atoms with Crippen molar-refractivity contribution in [1.29, 1.82) is 0 Å². The molecule has 5 heteroatoms. The highest BCUT2D eigenvalue weighted by atomic mass is 16.6. The maximum Gasteiger partial charge on any atom is 0.343 e. The molecule has 1 heterocycles. The van der Waals surface area contributed by atoms with Crippen molar-refractivity contribution < 1.29 is 14.3 Å². The number of nitrogens with zero attached hydrogens (tertiary/aromatic N) is 1. The van der Waals surface area contributed by atoms with Gasteiger partial charge < -0.3 is 15.2 Å². The van der Waals surface area contributed by atoms with Crippen LogP contribution in [-0.4, -0.2) is 24.7 Å². The zero-order valence-corrected chi connectivity index (χ0v) is 7.19. The number of hydrogen-bond donors (Lipinski definition) is 1. The largest absolute Gasteiger partial charge is 0.466 e. The Morgan fingerprint density at radius 2 is 2.46 bits per heavy atom. The summed E-state index contributed by atoms with van der Waals surface area (Å²) in [7, 11) is 1.29. The van der Waals surface area contributed by atoms with Crippen molar-refractivity contribution in [2.75, 3.05) is 19.5 Å². The fraction of sp³-hybridized carbons (Fsp3) is 0.250. The molecule has 0 bridgehead atoms. The third-order valence-corrected chi connectivity index (χ3v) is 1.35. The number of rotatable bonds is 3. The van der Waals surface area contributed by atoms with Gasteiger partial charge in [0, 0.05) is 6.20 Å². The molecular formula is C8H10N2O3. The first kappa shape index (κ1) is 9.31. The van der Waals surface area contributed by atoms with Crippen LogP contribution >= 0.6 is 0 Å². The molecule has 5 nitrogen and oxygen atoms in total. The monoisotopic (exact) mass is 182 g/mol. The topological polar surface area (TPSA) is 74.4 Å². The van der Waals surface area contributed by atoms with Gasteiger partial charge in [0.05, 0.1) is 12.8 Å². The van der Waals surface area contributed by atoms with Crippen LogP contribution in [-0.2, 0) is 9.53 Å². The Balaban J connectivity index is 2.54. The zero-order valence-electron chi connectivity index (χ0n) is 7.19. The lowest BCUT2D eigenvalue weighted by Crippen LogP contribution is -2.13. The summed E-state index contributed by atoms with van der Waals surface area (Å²) in [5, 5.41) is 0. The van der Waals surface area contributed by atoms with E-state index < -0.39 is 5.97 Å². The van der Waals surface area contributed by atoms with Crippen molar-refractivity contribution in [1.82, 2.24) is 4.98 Å². The van der Waals surface area contributed by atoms with Crippen molar-refractivity contribution in [3.8, 4) is 5.88 Å². The van der Waals surface area contributed by atoms with Gasteiger partial charge in [0.25, 0.3) is 0 Å². The molecule has 0 atom stereocenters. The molecule has 0 aliphatic carbocycles. The third kappa shape index (κ3) is 2.62. The number of nitrogen functional groups attached to an aromatic ring is 1. The molecule has 2 N–H and O–H groups in total. The Bertz CT molecular complexity index is 301. The van der Waals surface area contributed by atoms with E-state index in [1.54, 1.807) is 12.1 Å². The number of nitrogens with two attached hydrogens (primary N) is 1. The van der Waals surface area contributed by atoms with Gasteiger partial charge in [-0.1, -0.05) is 0 Å². The van der Waals surface area contributed by atoms with Crippen LogP contribution in [0, 0.1) is 0 Å². The molecule has 0 spiro atoms. The van der Waals surface area contributed by atoms with Gasteiger partial charge >= 0.3 is 5.97 Å². The van der Waals surface area contributed by atoms with Gasteiger partial charge in [-0.2, -0.15) is 0 Å². The molecule has 1 aromatic rings. The van der Waals surface area contributed by atoms with Crippen molar-refractivity contribution in [3.63, 3.8) is 0 Å². The van der Waals surface area contributed by atoms with E-state index in [9.17, 15) is 4.79 Å². The lowest BCUT2D eigenvalue weighted by Gasteiger charge is -2.04. The van der Waals surface area contributed by atoms with Crippen molar-refractivity contribution in [2.45, 2.75) is 0 Å². The second kappa shape index (κ2) is 4.30. The van der Waals surface area contributed by atoms with E-state index >= 15 is 0 Å². The van der Waals surface area contributed by atoms with Crippen LogP contribution in [0.1, 0.15) is 0 Å². The van der Waals surface area contributed by atoms with Gasteiger partial charge in [0.2, 0.25) is 5.88 Å². The fourth-order valence-corrected chi connectivity index (χ4v) is 0.710. The third-order valence-electron chi connectivity index (χ3n) is 1.35. The summed E-state index contributed by atoms with van der Waals surface area (Å²) in [4.78, 5) is 14.5. The smallest absolute Gasteiger partial charge is 0.343 e. The molecule has 0 aliphatic heterocycles. The maximum absolute atomic E-state index is 10.7. The Hall–Kier alpha value is -1.78. The summed E-state index contributed by atoms with van der Waals surface area (Å²) in [6.07, 6.45) is 1.53. The second-order valence-corrected chi connectivity index (χ2v) is 2.26. The Kier molecular flexibility index (Phi) is 3.08. The van der Waals surface area contributed by atoms with Crippen LogP contribution in [0.2, 0.25) is 0 Å². The number of carbonyl (C=O) groups is 1. The SMILES string of the molecule is COC(=O)COc1ncccc1N. The molecule has 70 valence electrons. The number of carbonyl (C=O) groups excluding carboxylic acids is 1. The second-order valence-electron chi connectivity index (χ2n) is 2.26. The van der Waals surface area contributed by atoms with Gasteiger partial charge in [-0.25, -0.2) is 9.78 Å². The average molecular weight is 182 g/mol. The first-order valence-corrected chi connectivity index (χ1v) is 3.64. The predicted molar refractivity (Wildman–Crippen MR) is 46.2 cm³/mol. The van der Waals surface area contributed by atoms with E-state index in [0.29, 0.717) is 5.69 Å². The molecule has 0 aliphatic rings. The normalized spacial score (nSPS) is 9.31. The number of aromatic nitrogens is 1. The van der Waals surface area contributed by atoms with Gasteiger partial charge in [0.1, 0.15) is 0 Å². The highest BCUT2D eigenvalue weighted by molar-refractivity contribution is 5.71. The summed E-state index contributed by atoms with van der Waals surface area (Å²) >= 11 is 0. The van der Waals surface area contributed by atoms with E-state index in [1.807, 2.05) is 0 Å². The van der Waals surface area contributed by atoms with Gasteiger partial charge in [-0.15, -0.1) is 0 Å². The number of methoxy groups -OCH3 is 1. The van der Waals surface area contributed by atoms with Crippen LogP contribution in [0.4, 0.5) is 5.69 Å². The number of hydrogen-bond acceptors (Lipinski definition) is 5. The highest BCUT2D eigenvalue weighted by Crippen LogP contribution is 2.15. The molecular weight excluding hydrogens is 172 g/mol. The first-order valence-electron chi connectivity index (χ1n) is 3.64. The van der Waals surface area contributed by atoms with E-state index in [-0.39, 0.29) is 12.5 Å². The fourth-order valence-electron chi connectivity index (χ4n) is 0.710. The van der Waals surface area contributed by atoms with Crippen molar-refractivity contribution >= 4 is 11.7 Å². The van der Waals surface area contributed by atoms with Gasteiger partial charge in [0.15, 0.2) is 6.61 Å². The molecule has 0 radical (unpaired) electrons. The standard InChI is InChI=1S/C8H10N2O3/c1-12-7(11)5-13-8-6(9)3-2-4-10-8/h2-4H,5,9H2,1H3. The number of pyridine rings is 1. The van der Waals surface area contributed by atoms with E-state index in [1.165, 1.54) is 13.3 Å². The Morgan fingerprint density at radius 3 is 3.08 bits per heavy atom. The number of esters is 1. The molecule has 0 saturated carbocycles. The van der Waals surface area contributed by atoms with Gasteiger partial charge in [-0.05, 0) is 12.1 Å². The van der Waals surface area contributed by atoms with Crippen LogP contribution in [0.5, 0.6) is 5.88 Å². The van der Waals surface area contributed by atoms with Gasteiger partial charge in [-0.3, -0.25) is 0 Å². The molecule has 0 amide bonds. The Labute approximate surface area is 75.5 Å². The van der Waals surface area contributed by atoms with Crippen molar-refractivity contribution in [3.05, 3.63) is 18.3 Å². The number of ether oxygens (including phenoxy) is 2. The minimum atomic E-state index is -0.468. The molecule has 0 fully saturated rings. The zero-order chi connectivity index (χ0) is 9.68. The van der Waals surface area contributed by atoms with E-state index in [4.69, 9.17) is 10.5 Å². The average Bonchev–Trinajstić information content (AvgIpc) is 2.16.